The summed E-state index contributed by atoms with van der Waals surface area (Å²) in [6.45, 7) is 4.14. The van der Waals surface area contributed by atoms with Gasteiger partial charge in [0.25, 0.3) is 0 Å². The second-order valence-electron chi connectivity index (χ2n) is 4.89. The molecule has 0 atom stereocenters. The van der Waals surface area contributed by atoms with Gasteiger partial charge in [0, 0.05) is 5.56 Å². The second kappa shape index (κ2) is 4.69. The number of aryl methyl sites for hydroxylation is 2. The maximum Gasteiger partial charge on any atom is 0.140 e. The van der Waals surface area contributed by atoms with Crippen LogP contribution >= 0.6 is 23.2 Å². The fraction of sp³-hybridized carbons (Fsp3) is 0.133. The summed E-state index contributed by atoms with van der Waals surface area (Å²) in [4.78, 5) is 7.85. The molecule has 0 amide bonds. The average molecular weight is 306 g/mol. The van der Waals surface area contributed by atoms with Crippen LogP contribution in [0.1, 0.15) is 11.1 Å². The Hall–Kier alpha value is -1.71. The number of anilines is 1. The van der Waals surface area contributed by atoms with E-state index in [9.17, 15) is 0 Å². The van der Waals surface area contributed by atoms with Crippen molar-refractivity contribution in [2.24, 2.45) is 0 Å². The Morgan fingerprint density at radius 1 is 1.00 bits per heavy atom. The molecule has 1 aromatic heterocycles. The molecule has 2 aromatic carbocycles. The van der Waals surface area contributed by atoms with E-state index in [-0.39, 0.29) is 0 Å². The number of rotatable bonds is 1. The van der Waals surface area contributed by atoms with Gasteiger partial charge in [0.2, 0.25) is 0 Å². The lowest BCUT2D eigenvalue weighted by atomic mass is 10.1. The molecular weight excluding hydrogens is 293 g/mol. The Labute approximate surface area is 126 Å². The largest absolute Gasteiger partial charge is 0.398 e. The van der Waals surface area contributed by atoms with Gasteiger partial charge in [-0.25, -0.2) is 4.98 Å². The van der Waals surface area contributed by atoms with Crippen LogP contribution in [-0.4, -0.2) is 9.97 Å². The molecule has 0 unspecified atom stereocenters. The Bertz CT molecular complexity index is 783. The number of aromatic nitrogens is 2. The molecule has 3 nitrogen and oxygen atoms in total. The highest BCUT2D eigenvalue weighted by molar-refractivity contribution is 6.37. The van der Waals surface area contributed by atoms with Crippen molar-refractivity contribution in [1.29, 1.82) is 0 Å². The summed E-state index contributed by atoms with van der Waals surface area (Å²) in [7, 11) is 0. The fourth-order valence-corrected chi connectivity index (χ4v) is 2.62. The van der Waals surface area contributed by atoms with Crippen LogP contribution in [0.4, 0.5) is 5.69 Å². The topological polar surface area (TPSA) is 54.7 Å². The van der Waals surface area contributed by atoms with Crippen molar-refractivity contribution in [2.45, 2.75) is 13.8 Å². The molecule has 0 spiro atoms. The first-order valence-corrected chi connectivity index (χ1v) is 6.93. The summed E-state index contributed by atoms with van der Waals surface area (Å²) >= 11 is 12.2. The molecule has 1 heterocycles. The molecule has 20 heavy (non-hydrogen) atoms. The van der Waals surface area contributed by atoms with Crippen molar-refractivity contribution in [1.82, 2.24) is 9.97 Å². The number of aromatic amines is 1. The number of hydrogen-bond donors (Lipinski definition) is 2. The van der Waals surface area contributed by atoms with Gasteiger partial charge in [0.15, 0.2) is 0 Å². The maximum atomic E-state index is 6.23. The lowest BCUT2D eigenvalue weighted by molar-refractivity contribution is 1.34. The summed E-state index contributed by atoms with van der Waals surface area (Å²) < 4.78 is 0. The van der Waals surface area contributed by atoms with Crippen molar-refractivity contribution >= 4 is 39.9 Å². The Morgan fingerprint density at radius 3 is 2.45 bits per heavy atom. The van der Waals surface area contributed by atoms with E-state index >= 15 is 0 Å². The number of nitrogens with one attached hydrogen (secondary N) is 1. The van der Waals surface area contributed by atoms with Crippen molar-refractivity contribution in [2.75, 3.05) is 5.73 Å². The number of nitrogens with two attached hydrogens (primary N) is 1. The van der Waals surface area contributed by atoms with E-state index in [1.54, 1.807) is 12.1 Å². The highest BCUT2D eigenvalue weighted by Gasteiger charge is 2.12. The fourth-order valence-electron chi connectivity index (χ4n) is 2.14. The summed E-state index contributed by atoms with van der Waals surface area (Å²) in [5, 5.41) is 0.971. The number of benzene rings is 2. The van der Waals surface area contributed by atoms with Gasteiger partial charge in [0.05, 0.1) is 26.8 Å². The molecule has 3 aromatic rings. The highest BCUT2D eigenvalue weighted by atomic mass is 35.5. The van der Waals surface area contributed by atoms with Gasteiger partial charge in [0.1, 0.15) is 5.82 Å². The molecule has 5 heteroatoms. The van der Waals surface area contributed by atoms with E-state index in [1.807, 2.05) is 0 Å². The first-order chi connectivity index (χ1) is 9.45. The summed E-state index contributed by atoms with van der Waals surface area (Å²) in [6, 6.07) is 7.51. The van der Waals surface area contributed by atoms with Gasteiger partial charge in [-0.1, -0.05) is 23.2 Å². The number of fused-ring (bicyclic) bond motifs is 1. The normalized spacial score (nSPS) is 11.2. The van der Waals surface area contributed by atoms with Crippen LogP contribution in [0.3, 0.4) is 0 Å². The van der Waals surface area contributed by atoms with E-state index < -0.39 is 0 Å². The zero-order valence-electron chi connectivity index (χ0n) is 11.1. The van der Waals surface area contributed by atoms with Crippen LogP contribution in [-0.2, 0) is 0 Å². The minimum absolute atomic E-state index is 0.446. The van der Waals surface area contributed by atoms with Crippen molar-refractivity contribution in [3.8, 4) is 11.4 Å². The third-order valence-corrected chi connectivity index (χ3v) is 4.08. The Kier molecular flexibility index (Phi) is 3.11. The third-order valence-electron chi connectivity index (χ3n) is 3.44. The monoisotopic (exact) mass is 305 g/mol. The van der Waals surface area contributed by atoms with Crippen LogP contribution in [0.15, 0.2) is 24.3 Å². The molecule has 3 rings (SSSR count). The maximum absolute atomic E-state index is 6.23. The molecule has 0 saturated carbocycles. The van der Waals surface area contributed by atoms with Gasteiger partial charge in [-0.3, -0.25) is 0 Å². The Morgan fingerprint density at radius 2 is 1.70 bits per heavy atom. The van der Waals surface area contributed by atoms with E-state index in [0.29, 0.717) is 21.6 Å². The molecule has 0 fully saturated rings. The second-order valence-corrected chi connectivity index (χ2v) is 5.71. The van der Waals surface area contributed by atoms with E-state index in [1.165, 1.54) is 11.1 Å². The molecule has 102 valence electrons. The minimum atomic E-state index is 0.446. The molecule has 0 saturated heterocycles. The standard InChI is InChI=1S/C15H13Cl2N3/c1-7-3-13-14(4-8(7)2)20-15(19-13)9-5-12(18)11(17)6-10(9)16/h3-6H,18H2,1-2H3,(H,19,20). The zero-order valence-corrected chi connectivity index (χ0v) is 12.6. The number of halogens is 2. The quantitative estimate of drug-likeness (QED) is 0.638. The molecule has 3 N–H and O–H groups in total. The SMILES string of the molecule is Cc1cc2nc(-c3cc(N)c(Cl)cc3Cl)[nH]c2cc1C. The Balaban J connectivity index is 2.22. The van der Waals surface area contributed by atoms with Gasteiger partial charge < -0.3 is 10.7 Å². The first kappa shape index (κ1) is 13.3. The third kappa shape index (κ3) is 2.13. The number of imidazole rings is 1. The lowest BCUT2D eigenvalue weighted by Gasteiger charge is -2.04. The molecule has 0 aliphatic rings. The van der Waals surface area contributed by atoms with Crippen LogP contribution in [0.25, 0.3) is 22.4 Å². The molecule has 0 aliphatic carbocycles. The summed E-state index contributed by atoms with van der Waals surface area (Å²) in [5.41, 5.74) is 11.4. The van der Waals surface area contributed by atoms with E-state index in [0.717, 1.165) is 16.6 Å². The lowest BCUT2D eigenvalue weighted by Crippen LogP contribution is -1.89. The number of nitrogens with zero attached hydrogens (tertiary/aromatic N) is 1. The van der Waals surface area contributed by atoms with Crippen molar-refractivity contribution < 1.29 is 0 Å². The molecule has 0 aliphatic heterocycles. The first-order valence-electron chi connectivity index (χ1n) is 6.17. The van der Waals surface area contributed by atoms with Crippen molar-refractivity contribution in [3.05, 3.63) is 45.4 Å². The number of H-pyrrole nitrogens is 1. The smallest absolute Gasteiger partial charge is 0.140 e. The van der Waals surface area contributed by atoms with Crippen LogP contribution < -0.4 is 5.73 Å². The van der Waals surface area contributed by atoms with E-state index in [4.69, 9.17) is 28.9 Å². The number of nitrogen functional groups attached to an aromatic ring is 1. The van der Waals surface area contributed by atoms with Crippen LogP contribution in [0, 0.1) is 13.8 Å². The minimum Gasteiger partial charge on any atom is -0.398 e. The predicted molar refractivity (Wildman–Crippen MR) is 85.4 cm³/mol. The summed E-state index contributed by atoms with van der Waals surface area (Å²) in [5.74, 6) is 0.693. The average Bonchev–Trinajstić information content (AvgIpc) is 2.77. The predicted octanol–water partition coefficient (Wildman–Crippen LogP) is 4.74. The van der Waals surface area contributed by atoms with Crippen LogP contribution in [0.5, 0.6) is 0 Å². The zero-order chi connectivity index (χ0) is 14.4. The van der Waals surface area contributed by atoms with Gasteiger partial charge in [-0.2, -0.15) is 0 Å². The molecule has 0 radical (unpaired) electrons. The van der Waals surface area contributed by atoms with Crippen LogP contribution in [0.2, 0.25) is 10.0 Å². The van der Waals surface area contributed by atoms with Gasteiger partial charge >= 0.3 is 0 Å². The number of hydrogen-bond acceptors (Lipinski definition) is 2. The van der Waals surface area contributed by atoms with Gasteiger partial charge in [-0.05, 0) is 49.2 Å². The van der Waals surface area contributed by atoms with Crippen molar-refractivity contribution in [3.63, 3.8) is 0 Å². The molecule has 0 bridgehead atoms. The summed E-state index contributed by atoms with van der Waals surface area (Å²) in [6.07, 6.45) is 0. The highest BCUT2D eigenvalue weighted by Crippen LogP contribution is 2.33. The molecular formula is C15H13Cl2N3. The van der Waals surface area contributed by atoms with E-state index in [2.05, 4.69) is 35.9 Å². The van der Waals surface area contributed by atoms with Gasteiger partial charge in [-0.15, -0.1) is 0 Å².